The number of anilines is 1. The van der Waals surface area contributed by atoms with Crippen LogP contribution in [0.15, 0.2) is 30.3 Å². The summed E-state index contributed by atoms with van der Waals surface area (Å²) in [4.78, 5) is 7.82. The Morgan fingerprint density at radius 3 is 2.38 bits per heavy atom. The number of fused-ring (bicyclic) bond motifs is 1. The van der Waals surface area contributed by atoms with Crippen LogP contribution >= 0.6 is 0 Å². The molecule has 2 heterocycles. The number of benzene rings is 1. The predicted octanol–water partition coefficient (Wildman–Crippen LogP) is 3.18. The van der Waals surface area contributed by atoms with Crippen LogP contribution in [0.4, 0.5) is 19.1 Å². The molecule has 2 aromatic heterocycles. The van der Waals surface area contributed by atoms with Gasteiger partial charge >= 0.3 is 6.18 Å². The Kier molecular flexibility index (Phi) is 3.78. The molecule has 6 nitrogen and oxygen atoms in total. The Morgan fingerprint density at radius 1 is 1.12 bits per heavy atom. The maximum Gasteiger partial charge on any atom is 0.433 e. The number of aromatic nitrogens is 4. The highest BCUT2D eigenvalue weighted by Gasteiger charge is 2.35. The Labute approximate surface area is 135 Å². The second-order valence-electron chi connectivity index (χ2n) is 5.40. The normalized spacial score (nSPS) is 12.1. The van der Waals surface area contributed by atoms with Crippen molar-refractivity contribution < 1.29 is 17.9 Å². The van der Waals surface area contributed by atoms with E-state index < -0.39 is 11.9 Å². The first-order chi connectivity index (χ1) is 11.2. The molecule has 3 rings (SSSR count). The van der Waals surface area contributed by atoms with E-state index in [4.69, 9.17) is 10.5 Å². The monoisotopic (exact) mass is 337 g/mol. The smallest absolute Gasteiger partial charge is 0.433 e. The summed E-state index contributed by atoms with van der Waals surface area (Å²) in [6, 6.07) is 7.53. The average Bonchev–Trinajstić information content (AvgIpc) is 2.85. The fraction of sp³-hybridized carbons (Fsp3) is 0.267. The van der Waals surface area contributed by atoms with Crippen LogP contribution in [0, 0.1) is 0 Å². The predicted molar refractivity (Wildman–Crippen MR) is 81.4 cm³/mol. The lowest BCUT2D eigenvalue weighted by Crippen LogP contribution is -2.14. The van der Waals surface area contributed by atoms with E-state index in [-0.39, 0.29) is 23.5 Å². The lowest BCUT2D eigenvalue weighted by Gasteiger charge is -2.12. The van der Waals surface area contributed by atoms with Crippen molar-refractivity contribution in [2.45, 2.75) is 26.1 Å². The van der Waals surface area contributed by atoms with Gasteiger partial charge in [0.25, 0.3) is 5.78 Å². The second kappa shape index (κ2) is 5.66. The van der Waals surface area contributed by atoms with Crippen LogP contribution in [0.2, 0.25) is 0 Å². The number of rotatable bonds is 3. The molecule has 0 unspecified atom stereocenters. The van der Waals surface area contributed by atoms with E-state index in [0.717, 1.165) is 6.07 Å². The fourth-order valence-electron chi connectivity index (χ4n) is 2.21. The molecule has 0 amide bonds. The van der Waals surface area contributed by atoms with Crippen molar-refractivity contribution in [2.24, 2.45) is 0 Å². The number of nitrogens with two attached hydrogens (primary N) is 1. The summed E-state index contributed by atoms with van der Waals surface area (Å²) in [6.45, 7) is 3.77. The zero-order chi connectivity index (χ0) is 17.5. The molecule has 0 radical (unpaired) electrons. The lowest BCUT2D eigenvalue weighted by molar-refractivity contribution is -0.142. The van der Waals surface area contributed by atoms with Gasteiger partial charge in [-0.05, 0) is 44.2 Å². The van der Waals surface area contributed by atoms with Crippen LogP contribution in [0.1, 0.15) is 19.5 Å². The van der Waals surface area contributed by atoms with E-state index in [9.17, 15) is 13.2 Å². The Morgan fingerprint density at radius 2 is 1.79 bits per heavy atom. The summed E-state index contributed by atoms with van der Waals surface area (Å²) in [5.74, 6) is 0.142. The molecule has 0 spiro atoms. The molecule has 2 N–H and O–H groups in total. The lowest BCUT2D eigenvalue weighted by atomic mass is 10.1. The summed E-state index contributed by atoms with van der Waals surface area (Å²) in [6.07, 6.45) is -4.61. The molecule has 0 fully saturated rings. The van der Waals surface area contributed by atoms with E-state index in [1.807, 2.05) is 13.8 Å². The largest absolute Gasteiger partial charge is 0.491 e. The van der Waals surface area contributed by atoms with Crippen molar-refractivity contribution >= 4 is 11.7 Å². The molecule has 0 aliphatic carbocycles. The van der Waals surface area contributed by atoms with Crippen molar-refractivity contribution in [1.29, 1.82) is 0 Å². The molecule has 0 atom stereocenters. The molecule has 0 aliphatic heterocycles. The molecule has 1 aromatic carbocycles. The van der Waals surface area contributed by atoms with Gasteiger partial charge in [-0.3, -0.25) is 0 Å². The summed E-state index contributed by atoms with van der Waals surface area (Å²) in [7, 11) is 0. The molecular formula is C15H14F3N5O. The van der Waals surface area contributed by atoms with Crippen molar-refractivity contribution in [1.82, 2.24) is 19.6 Å². The van der Waals surface area contributed by atoms with E-state index >= 15 is 0 Å². The van der Waals surface area contributed by atoms with Crippen LogP contribution in [-0.4, -0.2) is 25.7 Å². The SMILES string of the molecule is CC(C)Oc1ccc(-c2cc(C(F)(F)F)n3nc(N)nc3n2)cc1. The molecule has 0 saturated heterocycles. The summed E-state index contributed by atoms with van der Waals surface area (Å²) >= 11 is 0. The van der Waals surface area contributed by atoms with Gasteiger partial charge in [-0.2, -0.15) is 22.7 Å². The summed E-state index contributed by atoms with van der Waals surface area (Å²) in [5, 5.41) is 3.54. The third-order valence-corrected chi connectivity index (χ3v) is 3.14. The highest BCUT2D eigenvalue weighted by molar-refractivity contribution is 5.62. The van der Waals surface area contributed by atoms with E-state index in [1.54, 1.807) is 24.3 Å². The molecule has 126 valence electrons. The van der Waals surface area contributed by atoms with Gasteiger partial charge in [0.2, 0.25) is 5.95 Å². The number of alkyl halides is 3. The third kappa shape index (κ3) is 3.10. The quantitative estimate of drug-likeness (QED) is 0.794. The number of halogens is 3. The molecule has 24 heavy (non-hydrogen) atoms. The molecule has 3 aromatic rings. The highest BCUT2D eigenvalue weighted by Crippen LogP contribution is 2.32. The van der Waals surface area contributed by atoms with E-state index in [1.165, 1.54) is 0 Å². The van der Waals surface area contributed by atoms with Crippen molar-refractivity contribution in [3.63, 3.8) is 0 Å². The minimum atomic E-state index is -4.61. The number of hydrogen-bond acceptors (Lipinski definition) is 5. The number of hydrogen-bond donors (Lipinski definition) is 1. The first-order valence-electron chi connectivity index (χ1n) is 7.11. The zero-order valence-electron chi connectivity index (χ0n) is 12.9. The topological polar surface area (TPSA) is 78.3 Å². The third-order valence-electron chi connectivity index (χ3n) is 3.14. The van der Waals surface area contributed by atoms with Gasteiger partial charge in [0.05, 0.1) is 11.8 Å². The summed E-state index contributed by atoms with van der Waals surface area (Å²) < 4.78 is 45.9. The zero-order valence-corrected chi connectivity index (χ0v) is 12.9. The first kappa shape index (κ1) is 16.0. The first-order valence-corrected chi connectivity index (χ1v) is 7.11. The molecule has 0 bridgehead atoms. The maximum absolute atomic E-state index is 13.3. The standard InChI is InChI=1S/C15H14F3N5O/c1-8(2)24-10-5-3-9(4-6-10)11-7-12(15(16,17)18)23-14(20-11)21-13(19)22-23/h3-8H,1-2H3,(H2,19,22). The van der Waals surface area contributed by atoms with Gasteiger partial charge < -0.3 is 10.5 Å². The van der Waals surface area contributed by atoms with Gasteiger partial charge in [-0.25, -0.2) is 4.98 Å². The summed E-state index contributed by atoms with van der Waals surface area (Å²) in [5.41, 5.74) is 5.02. The van der Waals surface area contributed by atoms with Gasteiger partial charge in [0, 0.05) is 5.56 Å². The van der Waals surface area contributed by atoms with Crippen LogP contribution in [-0.2, 0) is 6.18 Å². The van der Waals surface area contributed by atoms with Gasteiger partial charge in [0.15, 0.2) is 5.69 Å². The Balaban J connectivity index is 2.09. The van der Waals surface area contributed by atoms with Crippen LogP contribution in [0.25, 0.3) is 17.0 Å². The number of nitrogen functional groups attached to an aromatic ring is 1. The van der Waals surface area contributed by atoms with Crippen molar-refractivity contribution in [3.05, 3.63) is 36.0 Å². The van der Waals surface area contributed by atoms with Crippen molar-refractivity contribution in [2.75, 3.05) is 5.73 Å². The van der Waals surface area contributed by atoms with E-state index in [2.05, 4.69) is 15.1 Å². The Hall–Kier alpha value is -2.84. The Bertz CT molecular complexity index is 871. The molecular weight excluding hydrogens is 323 g/mol. The van der Waals surface area contributed by atoms with Crippen LogP contribution in [0.3, 0.4) is 0 Å². The molecule has 9 heteroatoms. The highest BCUT2D eigenvalue weighted by atomic mass is 19.4. The van der Waals surface area contributed by atoms with Crippen molar-refractivity contribution in [3.8, 4) is 17.0 Å². The number of nitrogens with zero attached hydrogens (tertiary/aromatic N) is 4. The average molecular weight is 337 g/mol. The maximum atomic E-state index is 13.3. The minimum Gasteiger partial charge on any atom is -0.491 e. The number of ether oxygens (including phenoxy) is 1. The second-order valence-corrected chi connectivity index (χ2v) is 5.40. The van der Waals surface area contributed by atoms with Gasteiger partial charge in [-0.1, -0.05) is 0 Å². The fourth-order valence-corrected chi connectivity index (χ4v) is 2.21. The molecule has 0 aliphatic rings. The van der Waals surface area contributed by atoms with Gasteiger partial charge in [0.1, 0.15) is 5.75 Å². The van der Waals surface area contributed by atoms with Crippen LogP contribution < -0.4 is 10.5 Å². The molecule has 0 saturated carbocycles. The van der Waals surface area contributed by atoms with Crippen LogP contribution in [0.5, 0.6) is 5.75 Å². The van der Waals surface area contributed by atoms with E-state index in [0.29, 0.717) is 15.8 Å². The minimum absolute atomic E-state index is 0.00104. The van der Waals surface area contributed by atoms with Gasteiger partial charge in [-0.15, -0.1) is 5.10 Å².